The van der Waals surface area contributed by atoms with Gasteiger partial charge < -0.3 is 10.1 Å². The van der Waals surface area contributed by atoms with E-state index in [2.05, 4.69) is 5.32 Å². The Morgan fingerprint density at radius 2 is 1.82 bits per heavy atom. The van der Waals surface area contributed by atoms with E-state index in [-0.39, 0.29) is 35.5 Å². The van der Waals surface area contributed by atoms with Crippen molar-refractivity contribution in [2.24, 2.45) is 23.7 Å². The van der Waals surface area contributed by atoms with Crippen molar-refractivity contribution in [1.29, 1.82) is 0 Å². The van der Waals surface area contributed by atoms with Crippen LogP contribution in [0.3, 0.4) is 0 Å². The lowest BCUT2D eigenvalue weighted by Gasteiger charge is -2.23. The number of hydrogen-bond donors (Lipinski definition) is 1. The second-order valence-electron chi connectivity index (χ2n) is 8.13. The molecule has 1 aromatic rings. The summed E-state index contributed by atoms with van der Waals surface area (Å²) in [4.78, 5) is 51.0. The molecule has 2 bridgehead atoms. The fourth-order valence-corrected chi connectivity index (χ4v) is 5.10. The molecule has 0 spiro atoms. The van der Waals surface area contributed by atoms with Crippen LogP contribution >= 0.6 is 0 Å². The second-order valence-corrected chi connectivity index (χ2v) is 8.13. The highest BCUT2D eigenvalue weighted by Gasteiger charge is 2.62. The number of aryl methyl sites for hydroxylation is 1. The number of nitrogens with one attached hydrogen (secondary N) is 1. The summed E-state index contributed by atoms with van der Waals surface area (Å²) in [7, 11) is 0. The Morgan fingerprint density at radius 3 is 2.43 bits per heavy atom. The van der Waals surface area contributed by atoms with Gasteiger partial charge in [0, 0.05) is 5.69 Å². The lowest BCUT2D eigenvalue weighted by molar-refractivity contribution is -0.159. The second kappa shape index (κ2) is 7.04. The fourth-order valence-electron chi connectivity index (χ4n) is 5.10. The smallest absolute Gasteiger partial charge is 0.329 e. The molecule has 0 radical (unpaired) electrons. The number of nitrogens with zero attached hydrogens (tertiary/aromatic N) is 1. The summed E-state index contributed by atoms with van der Waals surface area (Å²) < 4.78 is 5.07. The number of amides is 3. The van der Waals surface area contributed by atoms with Gasteiger partial charge in [-0.25, -0.2) is 4.79 Å². The molecule has 1 aliphatic heterocycles. The van der Waals surface area contributed by atoms with Gasteiger partial charge in [-0.1, -0.05) is 12.1 Å². The summed E-state index contributed by atoms with van der Waals surface area (Å²) in [5.74, 6) is -1.74. The average molecular weight is 384 g/mol. The summed E-state index contributed by atoms with van der Waals surface area (Å²) in [6.07, 6.45) is 2.91. The van der Waals surface area contributed by atoms with Gasteiger partial charge in [-0.2, -0.15) is 0 Å². The Hall–Kier alpha value is -2.70. The van der Waals surface area contributed by atoms with Crippen molar-refractivity contribution in [1.82, 2.24) is 4.90 Å². The number of fused-ring (bicyclic) bond motifs is 5. The van der Waals surface area contributed by atoms with Crippen LogP contribution in [0.25, 0.3) is 0 Å². The first-order valence-electron chi connectivity index (χ1n) is 9.77. The minimum Gasteiger partial charge on any atom is -0.454 e. The van der Waals surface area contributed by atoms with Gasteiger partial charge in [0.2, 0.25) is 11.8 Å². The molecule has 5 atom stereocenters. The summed E-state index contributed by atoms with van der Waals surface area (Å²) >= 11 is 0. The standard InChI is InChI=1S/C21H24N2O5/c1-11-4-3-5-15(8-11)22-16(24)10-28-21(27)12(2)23-19(25)17-13-6-7-14(9-13)18(17)20(23)26/h3-5,8,12-14,17-18H,6-7,9-10H2,1-2H3,(H,22,24)/t12-,13+,14+,17+,18+/m1/s1. The molecule has 0 aromatic heterocycles. The largest absolute Gasteiger partial charge is 0.454 e. The van der Waals surface area contributed by atoms with Crippen molar-refractivity contribution in [3.05, 3.63) is 29.8 Å². The molecule has 7 heteroatoms. The zero-order chi connectivity index (χ0) is 20.0. The molecule has 2 aliphatic carbocycles. The topological polar surface area (TPSA) is 92.8 Å². The average Bonchev–Trinajstić information content (AvgIpc) is 3.33. The van der Waals surface area contributed by atoms with Gasteiger partial charge in [-0.15, -0.1) is 0 Å². The van der Waals surface area contributed by atoms with Crippen LogP contribution in [0.5, 0.6) is 0 Å². The van der Waals surface area contributed by atoms with Gasteiger partial charge in [-0.3, -0.25) is 19.3 Å². The van der Waals surface area contributed by atoms with Crippen LogP contribution in [0.2, 0.25) is 0 Å². The number of benzene rings is 1. The Bertz CT molecular complexity index is 823. The molecule has 3 aliphatic rings. The van der Waals surface area contributed by atoms with Crippen LogP contribution in [-0.4, -0.2) is 41.2 Å². The maximum Gasteiger partial charge on any atom is 0.329 e. The van der Waals surface area contributed by atoms with Crippen molar-refractivity contribution < 1.29 is 23.9 Å². The fraction of sp³-hybridized carbons (Fsp3) is 0.524. The number of anilines is 1. The lowest BCUT2D eigenvalue weighted by Crippen LogP contribution is -2.45. The first-order valence-corrected chi connectivity index (χ1v) is 9.77. The van der Waals surface area contributed by atoms with Gasteiger partial charge >= 0.3 is 5.97 Å². The highest BCUT2D eigenvalue weighted by Crippen LogP contribution is 2.56. The van der Waals surface area contributed by atoms with Crippen molar-refractivity contribution in [2.45, 2.75) is 39.2 Å². The van der Waals surface area contributed by atoms with E-state index in [1.807, 2.05) is 19.1 Å². The molecule has 28 heavy (non-hydrogen) atoms. The first kappa shape index (κ1) is 18.7. The van der Waals surface area contributed by atoms with Crippen molar-refractivity contribution >= 4 is 29.4 Å². The molecule has 1 saturated heterocycles. The SMILES string of the molecule is Cc1cccc(NC(=O)COC(=O)[C@@H](C)N2C(=O)[C@H]3[C@H]4CC[C@@H](C4)[C@@H]3C2=O)c1. The van der Waals surface area contributed by atoms with Gasteiger partial charge in [-0.05, 0) is 62.6 Å². The number of ether oxygens (including phenoxy) is 1. The van der Waals surface area contributed by atoms with Crippen LogP contribution in [0.4, 0.5) is 5.69 Å². The zero-order valence-corrected chi connectivity index (χ0v) is 16.0. The number of carbonyl (C=O) groups excluding carboxylic acids is 4. The van der Waals surface area contributed by atoms with Gasteiger partial charge in [0.15, 0.2) is 6.61 Å². The highest BCUT2D eigenvalue weighted by atomic mass is 16.5. The summed E-state index contributed by atoms with van der Waals surface area (Å²) in [5, 5.41) is 2.65. The number of likely N-dealkylation sites (tertiary alicyclic amines) is 1. The van der Waals surface area contributed by atoms with Gasteiger partial charge in [0.05, 0.1) is 11.8 Å². The predicted octanol–water partition coefficient (Wildman–Crippen LogP) is 1.90. The third kappa shape index (κ3) is 3.08. The molecular formula is C21H24N2O5. The number of esters is 1. The van der Waals surface area contributed by atoms with Crippen molar-refractivity contribution in [3.8, 4) is 0 Å². The van der Waals surface area contributed by atoms with Crippen LogP contribution in [0.15, 0.2) is 24.3 Å². The molecule has 3 fully saturated rings. The lowest BCUT2D eigenvalue weighted by atomic mass is 9.81. The van der Waals surface area contributed by atoms with E-state index in [1.54, 1.807) is 12.1 Å². The Kier molecular flexibility index (Phi) is 4.69. The Morgan fingerprint density at radius 1 is 1.18 bits per heavy atom. The van der Waals surface area contributed by atoms with Crippen molar-refractivity contribution in [2.75, 3.05) is 11.9 Å². The zero-order valence-electron chi connectivity index (χ0n) is 16.0. The van der Waals surface area contributed by atoms with E-state index in [4.69, 9.17) is 4.74 Å². The molecule has 1 N–H and O–H groups in total. The molecule has 0 unspecified atom stereocenters. The van der Waals surface area contributed by atoms with E-state index in [9.17, 15) is 19.2 Å². The minimum atomic E-state index is -1.02. The molecular weight excluding hydrogens is 360 g/mol. The third-order valence-corrected chi connectivity index (χ3v) is 6.34. The summed E-state index contributed by atoms with van der Waals surface area (Å²) in [6.45, 7) is 2.92. The number of hydrogen-bond acceptors (Lipinski definition) is 5. The van der Waals surface area contributed by atoms with Crippen LogP contribution in [-0.2, 0) is 23.9 Å². The molecule has 1 heterocycles. The first-order chi connectivity index (χ1) is 13.4. The highest BCUT2D eigenvalue weighted by molar-refractivity contribution is 6.08. The number of imide groups is 1. The minimum absolute atomic E-state index is 0.254. The quantitative estimate of drug-likeness (QED) is 0.618. The molecule has 7 nitrogen and oxygen atoms in total. The van der Waals surface area contributed by atoms with Gasteiger partial charge in [0.25, 0.3) is 5.91 Å². The van der Waals surface area contributed by atoms with E-state index in [0.717, 1.165) is 29.7 Å². The van der Waals surface area contributed by atoms with E-state index in [1.165, 1.54) is 6.92 Å². The van der Waals surface area contributed by atoms with Gasteiger partial charge in [0.1, 0.15) is 6.04 Å². The predicted molar refractivity (Wildman–Crippen MR) is 99.9 cm³/mol. The van der Waals surface area contributed by atoms with Crippen LogP contribution < -0.4 is 5.32 Å². The molecule has 4 rings (SSSR count). The summed E-state index contributed by atoms with van der Waals surface area (Å²) in [6, 6.07) is 6.24. The Balaban J connectivity index is 1.34. The molecule has 148 valence electrons. The summed E-state index contributed by atoms with van der Waals surface area (Å²) in [5.41, 5.74) is 1.61. The molecule has 3 amide bonds. The number of carbonyl (C=O) groups is 4. The monoisotopic (exact) mass is 384 g/mol. The Labute approximate surface area is 163 Å². The van der Waals surface area contributed by atoms with Crippen LogP contribution in [0, 0.1) is 30.6 Å². The molecule has 1 aromatic carbocycles. The van der Waals surface area contributed by atoms with E-state index < -0.39 is 24.5 Å². The van der Waals surface area contributed by atoms with Crippen LogP contribution in [0.1, 0.15) is 31.7 Å². The van der Waals surface area contributed by atoms with Crippen molar-refractivity contribution in [3.63, 3.8) is 0 Å². The molecule has 2 saturated carbocycles. The van der Waals surface area contributed by atoms with E-state index >= 15 is 0 Å². The number of rotatable bonds is 5. The third-order valence-electron chi connectivity index (χ3n) is 6.34. The maximum atomic E-state index is 12.8. The normalized spacial score (nSPS) is 29.0. The van der Waals surface area contributed by atoms with E-state index in [0.29, 0.717) is 5.69 Å². The maximum absolute atomic E-state index is 12.8.